The van der Waals surface area contributed by atoms with Crippen LogP contribution in [0.2, 0.25) is 5.02 Å². The molecule has 1 atom stereocenters. The maximum absolute atomic E-state index is 13.0. The van der Waals surface area contributed by atoms with Gasteiger partial charge in [-0.25, -0.2) is 0 Å². The van der Waals surface area contributed by atoms with Gasteiger partial charge in [-0.05, 0) is 47.5 Å². The Morgan fingerprint density at radius 2 is 1.61 bits per heavy atom. The van der Waals surface area contributed by atoms with Crippen LogP contribution in [0.15, 0.2) is 84.4 Å². The Kier molecular flexibility index (Phi) is 5.78. The minimum atomic E-state index is -0.734. The average Bonchev–Trinajstić information content (AvgIpc) is 3.05. The van der Waals surface area contributed by atoms with Crippen LogP contribution in [0.5, 0.6) is 5.75 Å². The summed E-state index contributed by atoms with van der Waals surface area (Å²) in [4.78, 5) is 27.5. The van der Waals surface area contributed by atoms with Crippen LogP contribution in [0.25, 0.3) is 5.76 Å². The zero-order valence-electron chi connectivity index (χ0n) is 16.8. The summed E-state index contributed by atoms with van der Waals surface area (Å²) in [7, 11) is 1.57. The number of ketones is 1. The number of ether oxygens (including phenoxy) is 1. The van der Waals surface area contributed by atoms with E-state index in [1.807, 2.05) is 30.3 Å². The summed E-state index contributed by atoms with van der Waals surface area (Å²) < 4.78 is 5.23. The molecule has 0 saturated carbocycles. The maximum Gasteiger partial charge on any atom is 0.295 e. The molecule has 1 heterocycles. The Labute approximate surface area is 185 Å². The lowest BCUT2D eigenvalue weighted by Crippen LogP contribution is -2.29. The summed E-state index contributed by atoms with van der Waals surface area (Å²) in [6, 6.07) is 22.3. The number of hydrogen-bond acceptors (Lipinski definition) is 4. The summed E-state index contributed by atoms with van der Waals surface area (Å²) >= 11 is 5.96. The van der Waals surface area contributed by atoms with Gasteiger partial charge in [0.05, 0.1) is 18.7 Å². The SMILES string of the molecule is COc1ccc([C@@H]2C(=C(O)c3ccc(Cl)cc3)C(=O)C(=O)N2Cc2ccccc2)cc1. The van der Waals surface area contributed by atoms with E-state index in [4.69, 9.17) is 16.3 Å². The van der Waals surface area contributed by atoms with Crippen molar-refractivity contribution in [2.45, 2.75) is 12.6 Å². The van der Waals surface area contributed by atoms with Gasteiger partial charge in [-0.1, -0.05) is 54.1 Å². The Morgan fingerprint density at radius 3 is 2.23 bits per heavy atom. The fourth-order valence-electron chi connectivity index (χ4n) is 3.72. The van der Waals surface area contributed by atoms with Crippen LogP contribution in [-0.2, 0) is 16.1 Å². The van der Waals surface area contributed by atoms with Crippen molar-refractivity contribution in [3.05, 3.63) is 106 Å². The van der Waals surface area contributed by atoms with Crippen molar-refractivity contribution in [1.82, 2.24) is 4.90 Å². The Hall–Kier alpha value is -3.57. The number of aliphatic hydroxyl groups excluding tert-OH is 1. The molecule has 5 nitrogen and oxygen atoms in total. The number of carbonyl (C=O) groups excluding carboxylic acids is 2. The number of rotatable bonds is 5. The van der Waals surface area contributed by atoms with Gasteiger partial charge in [0.1, 0.15) is 11.5 Å². The Morgan fingerprint density at radius 1 is 0.968 bits per heavy atom. The second-order valence-electron chi connectivity index (χ2n) is 7.19. The summed E-state index contributed by atoms with van der Waals surface area (Å²) in [5.74, 6) is -0.947. The van der Waals surface area contributed by atoms with Gasteiger partial charge >= 0.3 is 0 Å². The van der Waals surface area contributed by atoms with Gasteiger partial charge in [-0.2, -0.15) is 0 Å². The van der Waals surface area contributed by atoms with Gasteiger partial charge in [0.2, 0.25) is 0 Å². The zero-order chi connectivity index (χ0) is 22.0. The smallest absolute Gasteiger partial charge is 0.295 e. The highest BCUT2D eigenvalue weighted by Crippen LogP contribution is 2.40. The molecular weight excluding hydrogens is 414 g/mol. The average molecular weight is 434 g/mol. The fourth-order valence-corrected chi connectivity index (χ4v) is 3.85. The number of amides is 1. The van der Waals surface area contributed by atoms with Gasteiger partial charge in [0.25, 0.3) is 11.7 Å². The number of aliphatic hydroxyl groups is 1. The standard InChI is InChI=1S/C25H20ClNO4/c1-31-20-13-9-17(10-14-20)22-21(23(28)18-7-11-19(26)12-8-18)24(29)25(30)27(22)15-16-5-3-2-4-6-16/h2-14,22,28H,15H2,1H3/t22-/m1/s1. The number of nitrogens with zero attached hydrogens (tertiary/aromatic N) is 1. The molecule has 1 saturated heterocycles. The van der Waals surface area contributed by atoms with Crippen LogP contribution in [-0.4, -0.2) is 28.8 Å². The first-order valence-electron chi connectivity index (χ1n) is 9.72. The topological polar surface area (TPSA) is 66.8 Å². The van der Waals surface area contributed by atoms with Gasteiger partial charge < -0.3 is 14.7 Å². The van der Waals surface area contributed by atoms with E-state index in [2.05, 4.69) is 0 Å². The molecule has 156 valence electrons. The van der Waals surface area contributed by atoms with E-state index < -0.39 is 17.7 Å². The molecule has 6 heteroatoms. The van der Waals surface area contributed by atoms with E-state index in [0.29, 0.717) is 21.9 Å². The molecule has 1 N–H and O–H groups in total. The molecule has 0 aliphatic carbocycles. The van der Waals surface area contributed by atoms with Crippen LogP contribution in [0.3, 0.4) is 0 Å². The normalized spacial score (nSPS) is 17.7. The zero-order valence-corrected chi connectivity index (χ0v) is 17.5. The fraction of sp³-hybridized carbons (Fsp3) is 0.120. The van der Waals surface area contributed by atoms with Crippen LogP contribution in [0, 0.1) is 0 Å². The second kappa shape index (κ2) is 8.66. The van der Waals surface area contributed by atoms with Crippen LogP contribution >= 0.6 is 11.6 Å². The number of hydrogen-bond donors (Lipinski definition) is 1. The number of benzene rings is 3. The van der Waals surface area contributed by atoms with E-state index in [0.717, 1.165) is 5.56 Å². The third-order valence-corrected chi connectivity index (χ3v) is 5.54. The molecule has 3 aromatic carbocycles. The predicted octanol–water partition coefficient (Wildman–Crippen LogP) is 4.97. The molecule has 1 aliphatic rings. The molecule has 0 radical (unpaired) electrons. The lowest BCUT2D eigenvalue weighted by molar-refractivity contribution is -0.140. The van der Waals surface area contributed by atoms with Crippen molar-refractivity contribution in [3.63, 3.8) is 0 Å². The summed E-state index contributed by atoms with van der Waals surface area (Å²) in [5, 5.41) is 11.5. The number of methoxy groups -OCH3 is 1. The van der Waals surface area contributed by atoms with E-state index in [9.17, 15) is 14.7 Å². The summed E-state index contributed by atoms with van der Waals surface area (Å²) in [6.45, 7) is 0.236. The van der Waals surface area contributed by atoms with Crippen molar-refractivity contribution in [2.75, 3.05) is 7.11 Å². The molecule has 1 aliphatic heterocycles. The summed E-state index contributed by atoms with van der Waals surface area (Å²) in [6.07, 6.45) is 0. The van der Waals surface area contributed by atoms with Crippen molar-refractivity contribution < 1.29 is 19.4 Å². The first kappa shape index (κ1) is 20.7. The summed E-state index contributed by atoms with van der Waals surface area (Å²) in [5.41, 5.74) is 2.05. The van der Waals surface area contributed by atoms with Crippen LogP contribution in [0.4, 0.5) is 0 Å². The van der Waals surface area contributed by atoms with Gasteiger partial charge in [-0.15, -0.1) is 0 Å². The van der Waals surface area contributed by atoms with Crippen molar-refractivity contribution >= 4 is 29.1 Å². The van der Waals surface area contributed by atoms with E-state index in [-0.39, 0.29) is 17.9 Å². The van der Waals surface area contributed by atoms with Gasteiger partial charge in [0, 0.05) is 17.1 Å². The lowest BCUT2D eigenvalue weighted by atomic mass is 9.95. The Bertz CT molecular complexity index is 1140. The third-order valence-electron chi connectivity index (χ3n) is 5.28. The van der Waals surface area contributed by atoms with Crippen LogP contribution < -0.4 is 4.74 Å². The molecule has 0 aromatic heterocycles. The van der Waals surface area contributed by atoms with Crippen molar-refractivity contribution in [3.8, 4) is 5.75 Å². The molecule has 3 aromatic rings. The highest BCUT2D eigenvalue weighted by atomic mass is 35.5. The predicted molar refractivity (Wildman–Crippen MR) is 119 cm³/mol. The highest BCUT2D eigenvalue weighted by molar-refractivity contribution is 6.46. The molecule has 0 unspecified atom stereocenters. The third kappa shape index (κ3) is 4.05. The van der Waals surface area contributed by atoms with Gasteiger partial charge in [0.15, 0.2) is 0 Å². The monoisotopic (exact) mass is 433 g/mol. The van der Waals surface area contributed by atoms with E-state index >= 15 is 0 Å². The molecule has 1 amide bonds. The quantitative estimate of drug-likeness (QED) is 0.350. The molecule has 0 bridgehead atoms. The minimum absolute atomic E-state index is 0.0495. The molecule has 31 heavy (non-hydrogen) atoms. The second-order valence-corrected chi connectivity index (χ2v) is 7.63. The minimum Gasteiger partial charge on any atom is -0.507 e. The lowest BCUT2D eigenvalue weighted by Gasteiger charge is -2.25. The molecular formula is C25H20ClNO4. The van der Waals surface area contributed by atoms with Crippen molar-refractivity contribution in [2.24, 2.45) is 0 Å². The number of Topliss-reactive ketones (excluding diaryl/α,β-unsaturated/α-hetero) is 1. The molecule has 0 spiro atoms. The first-order chi connectivity index (χ1) is 15.0. The van der Waals surface area contributed by atoms with Gasteiger partial charge in [-0.3, -0.25) is 9.59 Å². The Balaban J connectivity index is 1.85. The number of carbonyl (C=O) groups is 2. The van der Waals surface area contributed by atoms with Crippen LogP contribution in [0.1, 0.15) is 22.7 Å². The number of halogens is 1. The van der Waals surface area contributed by atoms with E-state index in [1.165, 1.54) is 4.90 Å². The maximum atomic E-state index is 13.0. The van der Waals surface area contributed by atoms with E-state index in [1.54, 1.807) is 55.6 Å². The largest absolute Gasteiger partial charge is 0.507 e. The van der Waals surface area contributed by atoms with Crippen molar-refractivity contribution in [1.29, 1.82) is 0 Å². The number of likely N-dealkylation sites (tertiary alicyclic amines) is 1. The first-order valence-corrected chi connectivity index (χ1v) is 10.1. The molecule has 1 fully saturated rings. The highest BCUT2D eigenvalue weighted by Gasteiger charge is 2.46. The molecule has 4 rings (SSSR count).